The Kier molecular flexibility index (Phi) is 7.12. The van der Waals surface area contributed by atoms with Gasteiger partial charge in [0.05, 0.1) is 18.7 Å². The smallest absolute Gasteiger partial charge is 0.321 e. The summed E-state index contributed by atoms with van der Waals surface area (Å²) in [5.41, 5.74) is 1.48. The topological polar surface area (TPSA) is 91.0 Å². The van der Waals surface area contributed by atoms with Crippen LogP contribution in [0.15, 0.2) is 54.6 Å². The Bertz CT molecular complexity index is 989. The fourth-order valence-electron chi connectivity index (χ4n) is 4.41. The van der Waals surface area contributed by atoms with Crippen molar-refractivity contribution in [2.24, 2.45) is 11.8 Å². The van der Waals surface area contributed by atoms with E-state index in [1.807, 2.05) is 54.6 Å². The molecule has 0 radical (unpaired) electrons. The first-order valence-electron chi connectivity index (χ1n) is 11.4. The second kappa shape index (κ2) is 10.4. The lowest BCUT2D eigenvalue weighted by atomic mass is 9.96. The summed E-state index contributed by atoms with van der Waals surface area (Å²) in [6.07, 6.45) is 1.88. The van der Waals surface area contributed by atoms with E-state index < -0.39 is 0 Å². The zero-order valence-electron chi connectivity index (χ0n) is 18.8. The Labute approximate surface area is 193 Å². The highest BCUT2D eigenvalue weighted by Gasteiger charge is 2.35. The predicted octanol–water partition coefficient (Wildman–Crippen LogP) is 3.11. The van der Waals surface area contributed by atoms with Crippen molar-refractivity contribution in [2.75, 3.05) is 43.5 Å². The summed E-state index contributed by atoms with van der Waals surface area (Å²) >= 11 is 0. The van der Waals surface area contributed by atoms with Gasteiger partial charge in [0, 0.05) is 38.3 Å². The van der Waals surface area contributed by atoms with Crippen LogP contribution in [0.5, 0.6) is 5.75 Å². The number of nitrogens with one attached hydrogen (secondary N) is 2. The molecule has 4 amide bonds. The normalized spacial score (nSPS) is 18.8. The number of urea groups is 1. The van der Waals surface area contributed by atoms with Crippen LogP contribution in [0.25, 0.3) is 0 Å². The molecule has 8 heteroatoms. The van der Waals surface area contributed by atoms with E-state index in [2.05, 4.69) is 10.6 Å². The average Bonchev–Trinajstić information content (AvgIpc) is 3.25. The third kappa shape index (κ3) is 5.45. The van der Waals surface area contributed by atoms with Crippen LogP contribution in [0, 0.1) is 11.8 Å². The summed E-state index contributed by atoms with van der Waals surface area (Å²) in [5.74, 6) is 0.518. The Balaban J connectivity index is 1.21. The second-order valence-electron chi connectivity index (χ2n) is 8.55. The van der Waals surface area contributed by atoms with Crippen molar-refractivity contribution in [3.8, 4) is 5.75 Å². The first-order valence-corrected chi connectivity index (χ1v) is 11.4. The molecule has 0 aliphatic carbocycles. The van der Waals surface area contributed by atoms with Crippen LogP contribution in [-0.4, -0.2) is 56.0 Å². The third-order valence-corrected chi connectivity index (χ3v) is 6.38. The van der Waals surface area contributed by atoms with E-state index in [0.717, 1.165) is 18.5 Å². The minimum atomic E-state index is -0.329. The standard InChI is InChI=1S/C25H30N4O4/c1-33-22-10-6-5-9-21(22)27-25(32)28-13-11-18(12-14-28)16-26-24(31)19-15-23(30)29(17-19)20-7-3-2-4-8-20/h2-10,18-19H,11-17H2,1H3,(H,26,31)(H,27,32). The molecule has 2 aliphatic rings. The lowest BCUT2D eigenvalue weighted by Gasteiger charge is -2.32. The van der Waals surface area contributed by atoms with Gasteiger partial charge in [0.2, 0.25) is 11.8 Å². The Morgan fingerprint density at radius 3 is 2.45 bits per heavy atom. The van der Waals surface area contributed by atoms with E-state index in [0.29, 0.717) is 43.5 Å². The minimum absolute atomic E-state index is 0.0179. The maximum atomic E-state index is 12.7. The van der Waals surface area contributed by atoms with Crippen molar-refractivity contribution in [3.63, 3.8) is 0 Å². The molecule has 0 spiro atoms. The van der Waals surface area contributed by atoms with Crippen molar-refractivity contribution in [1.82, 2.24) is 10.2 Å². The minimum Gasteiger partial charge on any atom is -0.495 e. The molecule has 174 valence electrons. The molecule has 2 aliphatic heterocycles. The van der Waals surface area contributed by atoms with Crippen molar-refractivity contribution >= 4 is 29.2 Å². The van der Waals surface area contributed by atoms with Gasteiger partial charge in [-0.15, -0.1) is 0 Å². The predicted molar refractivity (Wildman–Crippen MR) is 126 cm³/mol. The number of benzene rings is 2. The van der Waals surface area contributed by atoms with Crippen molar-refractivity contribution in [1.29, 1.82) is 0 Å². The van der Waals surface area contributed by atoms with Gasteiger partial charge in [0.25, 0.3) is 0 Å². The molecule has 1 unspecified atom stereocenters. The molecular weight excluding hydrogens is 420 g/mol. The molecule has 0 saturated carbocycles. The molecule has 33 heavy (non-hydrogen) atoms. The van der Waals surface area contributed by atoms with Gasteiger partial charge in [0.15, 0.2) is 0 Å². The monoisotopic (exact) mass is 450 g/mol. The third-order valence-electron chi connectivity index (χ3n) is 6.38. The summed E-state index contributed by atoms with van der Waals surface area (Å²) in [5, 5.41) is 5.94. The number of hydrogen-bond acceptors (Lipinski definition) is 4. The largest absolute Gasteiger partial charge is 0.495 e. The summed E-state index contributed by atoms with van der Waals surface area (Å²) in [4.78, 5) is 41.1. The highest BCUT2D eigenvalue weighted by Crippen LogP contribution is 2.26. The van der Waals surface area contributed by atoms with Crippen LogP contribution in [0.1, 0.15) is 19.3 Å². The fraction of sp³-hybridized carbons (Fsp3) is 0.400. The molecule has 2 heterocycles. The summed E-state index contributed by atoms with van der Waals surface area (Å²) in [6, 6.07) is 16.6. The number of ether oxygens (including phenoxy) is 1. The number of likely N-dealkylation sites (tertiary alicyclic amines) is 1. The number of piperidine rings is 1. The number of methoxy groups -OCH3 is 1. The van der Waals surface area contributed by atoms with Gasteiger partial charge in [0.1, 0.15) is 5.75 Å². The van der Waals surface area contributed by atoms with Gasteiger partial charge in [-0.3, -0.25) is 9.59 Å². The second-order valence-corrected chi connectivity index (χ2v) is 8.55. The lowest BCUT2D eigenvalue weighted by molar-refractivity contribution is -0.126. The molecule has 2 saturated heterocycles. The Morgan fingerprint density at radius 2 is 1.73 bits per heavy atom. The number of rotatable bonds is 6. The van der Waals surface area contributed by atoms with Gasteiger partial charge in [-0.1, -0.05) is 30.3 Å². The summed E-state index contributed by atoms with van der Waals surface area (Å²) in [7, 11) is 1.57. The van der Waals surface area contributed by atoms with Gasteiger partial charge in [-0.05, 0) is 43.0 Å². The molecule has 2 N–H and O–H groups in total. The molecule has 2 aromatic carbocycles. The number of carbonyl (C=O) groups excluding carboxylic acids is 3. The van der Waals surface area contributed by atoms with E-state index in [1.165, 1.54) is 0 Å². The van der Waals surface area contributed by atoms with Crippen LogP contribution in [0.4, 0.5) is 16.2 Å². The maximum Gasteiger partial charge on any atom is 0.321 e. The van der Waals surface area contributed by atoms with E-state index in [-0.39, 0.29) is 30.2 Å². The van der Waals surface area contributed by atoms with Crippen LogP contribution in [0.3, 0.4) is 0 Å². The van der Waals surface area contributed by atoms with Crippen LogP contribution < -0.4 is 20.3 Å². The van der Waals surface area contributed by atoms with Crippen LogP contribution in [0.2, 0.25) is 0 Å². The number of nitrogens with zero attached hydrogens (tertiary/aromatic N) is 2. The van der Waals surface area contributed by atoms with Crippen LogP contribution in [-0.2, 0) is 9.59 Å². The van der Waals surface area contributed by atoms with E-state index >= 15 is 0 Å². The van der Waals surface area contributed by atoms with Gasteiger partial charge < -0.3 is 25.2 Å². The molecule has 4 rings (SSSR count). The quantitative estimate of drug-likeness (QED) is 0.708. The zero-order chi connectivity index (χ0) is 23.2. The van der Waals surface area contributed by atoms with Gasteiger partial charge >= 0.3 is 6.03 Å². The van der Waals surface area contributed by atoms with Crippen molar-refractivity contribution in [3.05, 3.63) is 54.6 Å². The fourth-order valence-corrected chi connectivity index (χ4v) is 4.41. The molecule has 0 aromatic heterocycles. The van der Waals surface area contributed by atoms with E-state index in [1.54, 1.807) is 16.9 Å². The van der Waals surface area contributed by atoms with Gasteiger partial charge in [-0.25, -0.2) is 4.79 Å². The SMILES string of the molecule is COc1ccccc1NC(=O)N1CCC(CNC(=O)C2CC(=O)N(c3ccccc3)C2)CC1. The first-order chi connectivity index (χ1) is 16.0. The molecule has 2 aromatic rings. The molecule has 2 fully saturated rings. The van der Waals surface area contributed by atoms with E-state index in [9.17, 15) is 14.4 Å². The maximum absolute atomic E-state index is 12.7. The highest BCUT2D eigenvalue weighted by molar-refractivity contribution is 6.00. The summed E-state index contributed by atoms with van der Waals surface area (Å²) in [6.45, 7) is 2.24. The first kappa shape index (κ1) is 22.6. The molecular formula is C25H30N4O4. The van der Waals surface area contributed by atoms with Crippen LogP contribution >= 0.6 is 0 Å². The van der Waals surface area contributed by atoms with Crippen molar-refractivity contribution < 1.29 is 19.1 Å². The molecule has 8 nitrogen and oxygen atoms in total. The number of hydrogen-bond donors (Lipinski definition) is 2. The van der Waals surface area contributed by atoms with Crippen molar-refractivity contribution in [2.45, 2.75) is 19.3 Å². The Hall–Kier alpha value is -3.55. The lowest BCUT2D eigenvalue weighted by Crippen LogP contribution is -2.44. The molecule has 0 bridgehead atoms. The average molecular weight is 451 g/mol. The van der Waals surface area contributed by atoms with Gasteiger partial charge in [-0.2, -0.15) is 0 Å². The highest BCUT2D eigenvalue weighted by atomic mass is 16.5. The number of para-hydroxylation sites is 3. The molecule has 1 atom stereocenters. The number of amides is 4. The number of carbonyl (C=O) groups is 3. The Morgan fingerprint density at radius 1 is 1.03 bits per heavy atom. The van der Waals surface area contributed by atoms with E-state index in [4.69, 9.17) is 4.74 Å². The number of anilines is 2. The zero-order valence-corrected chi connectivity index (χ0v) is 18.8. The summed E-state index contributed by atoms with van der Waals surface area (Å²) < 4.78 is 5.29.